The van der Waals surface area contributed by atoms with Crippen LogP contribution >= 0.6 is 0 Å². The summed E-state index contributed by atoms with van der Waals surface area (Å²) in [6.07, 6.45) is 4.06. The fourth-order valence-electron chi connectivity index (χ4n) is 3.08. The molecule has 5 nitrogen and oxygen atoms in total. The zero-order chi connectivity index (χ0) is 14.8. The van der Waals surface area contributed by atoms with Gasteiger partial charge in [0.15, 0.2) is 5.84 Å². The van der Waals surface area contributed by atoms with Crippen molar-refractivity contribution in [2.45, 2.75) is 19.8 Å². The first-order valence-corrected chi connectivity index (χ1v) is 7.35. The number of amidine groups is 1. The van der Waals surface area contributed by atoms with Gasteiger partial charge in [0.25, 0.3) is 0 Å². The molecule has 1 fully saturated rings. The van der Waals surface area contributed by atoms with Crippen molar-refractivity contribution in [3.8, 4) is 0 Å². The van der Waals surface area contributed by atoms with Crippen LogP contribution in [0, 0.1) is 5.92 Å². The van der Waals surface area contributed by atoms with E-state index in [4.69, 9.17) is 10.9 Å². The summed E-state index contributed by atoms with van der Waals surface area (Å²) >= 11 is 0. The molecule has 1 aromatic heterocycles. The molecule has 0 radical (unpaired) electrons. The molecule has 1 aliphatic rings. The highest BCUT2D eigenvalue weighted by molar-refractivity contribution is 6.08. The number of pyridine rings is 1. The molecule has 1 unspecified atom stereocenters. The number of aromatic nitrogens is 1. The van der Waals surface area contributed by atoms with E-state index in [1.807, 2.05) is 24.3 Å². The molecule has 1 saturated heterocycles. The summed E-state index contributed by atoms with van der Waals surface area (Å²) in [5.74, 6) is 0.820. The summed E-state index contributed by atoms with van der Waals surface area (Å²) in [7, 11) is 0. The first kappa shape index (κ1) is 13.7. The van der Waals surface area contributed by atoms with Gasteiger partial charge in [0.1, 0.15) is 0 Å². The fraction of sp³-hybridized carbons (Fsp3) is 0.375. The third-order valence-electron chi connectivity index (χ3n) is 4.31. The number of benzene rings is 1. The monoisotopic (exact) mass is 284 g/mol. The summed E-state index contributed by atoms with van der Waals surface area (Å²) in [4.78, 5) is 6.76. The van der Waals surface area contributed by atoms with E-state index in [0.29, 0.717) is 11.5 Å². The molecule has 2 aromatic rings. The minimum absolute atomic E-state index is 0.114. The topological polar surface area (TPSA) is 74.7 Å². The van der Waals surface area contributed by atoms with Gasteiger partial charge in [-0.05, 0) is 18.4 Å². The standard InChI is InChI=1S/C16H20N4O/c1-2-11-7-8-20(10-11)15-12-5-3-4-6-14(12)18-9-13(15)16(17)19-21/h3-6,9,11,21H,2,7-8,10H2,1H3,(H2,17,19). The maximum atomic E-state index is 9.04. The van der Waals surface area contributed by atoms with E-state index >= 15 is 0 Å². The van der Waals surface area contributed by atoms with Crippen molar-refractivity contribution in [3.63, 3.8) is 0 Å². The summed E-state index contributed by atoms with van der Waals surface area (Å²) in [5, 5.41) is 13.3. The van der Waals surface area contributed by atoms with Gasteiger partial charge in [0.2, 0.25) is 0 Å². The van der Waals surface area contributed by atoms with Crippen molar-refractivity contribution >= 4 is 22.4 Å². The molecule has 110 valence electrons. The van der Waals surface area contributed by atoms with Gasteiger partial charge >= 0.3 is 0 Å². The number of anilines is 1. The van der Waals surface area contributed by atoms with E-state index in [2.05, 4.69) is 22.0 Å². The Labute approximate surface area is 124 Å². The van der Waals surface area contributed by atoms with Gasteiger partial charge in [0, 0.05) is 24.7 Å². The predicted octanol–water partition coefficient (Wildman–Crippen LogP) is 2.57. The largest absolute Gasteiger partial charge is 0.409 e. The molecule has 3 rings (SSSR count). The highest BCUT2D eigenvalue weighted by Crippen LogP contribution is 2.33. The molecule has 5 heteroatoms. The second-order valence-corrected chi connectivity index (χ2v) is 5.53. The molecule has 3 N–H and O–H groups in total. The zero-order valence-corrected chi connectivity index (χ0v) is 12.2. The summed E-state index contributed by atoms with van der Waals surface area (Å²) in [6.45, 7) is 4.23. The minimum atomic E-state index is 0.114. The van der Waals surface area contributed by atoms with Crippen LogP contribution in [-0.2, 0) is 0 Å². The second kappa shape index (κ2) is 5.60. The number of fused-ring (bicyclic) bond motifs is 1. The van der Waals surface area contributed by atoms with Gasteiger partial charge in [-0.15, -0.1) is 0 Å². The third-order valence-corrected chi connectivity index (χ3v) is 4.31. The number of nitrogens with zero attached hydrogens (tertiary/aromatic N) is 3. The smallest absolute Gasteiger partial charge is 0.173 e. The first-order valence-electron chi connectivity index (χ1n) is 7.35. The van der Waals surface area contributed by atoms with Crippen LogP contribution in [0.3, 0.4) is 0 Å². The lowest BCUT2D eigenvalue weighted by atomic mass is 10.1. The normalized spacial score (nSPS) is 19.4. The van der Waals surface area contributed by atoms with Gasteiger partial charge in [-0.3, -0.25) is 4.98 Å². The Kier molecular flexibility index (Phi) is 3.64. The number of para-hydroxylation sites is 1. The van der Waals surface area contributed by atoms with Crippen LogP contribution in [0.4, 0.5) is 5.69 Å². The third kappa shape index (κ3) is 2.39. The lowest BCUT2D eigenvalue weighted by Gasteiger charge is -2.23. The summed E-state index contributed by atoms with van der Waals surface area (Å²) < 4.78 is 0. The maximum Gasteiger partial charge on any atom is 0.173 e. The van der Waals surface area contributed by atoms with E-state index < -0.39 is 0 Å². The zero-order valence-electron chi connectivity index (χ0n) is 12.2. The SMILES string of the molecule is CCC1CCN(c2c(/C(N)=N/O)cnc3ccccc23)C1. The summed E-state index contributed by atoms with van der Waals surface area (Å²) in [6, 6.07) is 8.01. The van der Waals surface area contributed by atoms with Crippen LogP contribution in [0.1, 0.15) is 25.3 Å². The van der Waals surface area contributed by atoms with Gasteiger partial charge in [-0.25, -0.2) is 0 Å². The fourth-order valence-corrected chi connectivity index (χ4v) is 3.08. The van der Waals surface area contributed by atoms with Crippen LogP contribution in [0.15, 0.2) is 35.6 Å². The highest BCUT2D eigenvalue weighted by Gasteiger charge is 2.25. The minimum Gasteiger partial charge on any atom is -0.409 e. The molecule has 0 saturated carbocycles. The Balaban J connectivity index is 2.17. The molecular weight excluding hydrogens is 264 g/mol. The van der Waals surface area contributed by atoms with Crippen molar-refractivity contribution in [1.29, 1.82) is 0 Å². The quantitative estimate of drug-likeness (QED) is 0.393. The van der Waals surface area contributed by atoms with Crippen molar-refractivity contribution in [3.05, 3.63) is 36.0 Å². The molecule has 1 aromatic carbocycles. The maximum absolute atomic E-state index is 9.04. The Morgan fingerprint density at radius 3 is 3.00 bits per heavy atom. The van der Waals surface area contributed by atoms with Gasteiger partial charge in [-0.1, -0.05) is 36.7 Å². The average molecular weight is 284 g/mol. The molecule has 2 heterocycles. The predicted molar refractivity (Wildman–Crippen MR) is 84.9 cm³/mol. The van der Waals surface area contributed by atoms with Crippen molar-refractivity contribution < 1.29 is 5.21 Å². The van der Waals surface area contributed by atoms with E-state index in [-0.39, 0.29) is 5.84 Å². The average Bonchev–Trinajstić information content (AvgIpc) is 3.01. The highest BCUT2D eigenvalue weighted by atomic mass is 16.4. The Bertz CT molecular complexity index is 683. The van der Waals surface area contributed by atoms with Gasteiger partial charge in [-0.2, -0.15) is 0 Å². The van der Waals surface area contributed by atoms with E-state index in [1.54, 1.807) is 6.20 Å². The van der Waals surface area contributed by atoms with Crippen LogP contribution in [0.25, 0.3) is 10.9 Å². The molecular formula is C16H20N4O. The molecule has 0 amide bonds. The van der Waals surface area contributed by atoms with E-state index in [1.165, 1.54) is 12.8 Å². The second-order valence-electron chi connectivity index (χ2n) is 5.53. The van der Waals surface area contributed by atoms with Crippen LogP contribution in [-0.4, -0.2) is 29.1 Å². The van der Waals surface area contributed by atoms with Crippen LogP contribution < -0.4 is 10.6 Å². The van der Waals surface area contributed by atoms with Crippen molar-refractivity contribution in [2.75, 3.05) is 18.0 Å². The Morgan fingerprint density at radius 1 is 1.48 bits per heavy atom. The number of hydrogen-bond acceptors (Lipinski definition) is 4. The summed E-state index contributed by atoms with van der Waals surface area (Å²) in [5.41, 5.74) is 8.52. The van der Waals surface area contributed by atoms with Crippen molar-refractivity contribution in [2.24, 2.45) is 16.8 Å². The first-order chi connectivity index (χ1) is 10.2. The molecule has 0 spiro atoms. The number of nitrogens with two attached hydrogens (primary N) is 1. The van der Waals surface area contributed by atoms with Crippen molar-refractivity contribution in [1.82, 2.24) is 4.98 Å². The van der Waals surface area contributed by atoms with Crippen LogP contribution in [0.2, 0.25) is 0 Å². The van der Waals surface area contributed by atoms with Crippen LogP contribution in [0.5, 0.6) is 0 Å². The molecule has 21 heavy (non-hydrogen) atoms. The van der Waals surface area contributed by atoms with E-state index in [0.717, 1.165) is 29.7 Å². The molecule has 1 atom stereocenters. The molecule has 0 bridgehead atoms. The lowest BCUT2D eigenvalue weighted by molar-refractivity contribution is 0.318. The number of oxime groups is 1. The molecule has 1 aliphatic heterocycles. The Morgan fingerprint density at radius 2 is 2.29 bits per heavy atom. The Hall–Kier alpha value is -2.30. The number of rotatable bonds is 3. The number of hydrogen-bond donors (Lipinski definition) is 2. The molecule has 0 aliphatic carbocycles. The van der Waals surface area contributed by atoms with E-state index in [9.17, 15) is 0 Å². The lowest BCUT2D eigenvalue weighted by Crippen LogP contribution is -2.25. The van der Waals surface area contributed by atoms with Gasteiger partial charge in [0.05, 0.1) is 16.8 Å². The van der Waals surface area contributed by atoms with Gasteiger partial charge < -0.3 is 15.8 Å².